The molecular formula is C23H28N2O6. The number of aliphatic hydroxyl groups is 1. The van der Waals surface area contributed by atoms with E-state index < -0.39 is 5.60 Å². The SMILES string of the molecule is COc1cc(C(=O)c2[nH]nc3c(CCC(C)(C)O)c(OC)ccc23)cc(OC)c1OC. The van der Waals surface area contributed by atoms with Crippen LogP contribution in [0.5, 0.6) is 23.0 Å². The highest BCUT2D eigenvalue weighted by Gasteiger charge is 2.23. The van der Waals surface area contributed by atoms with Crippen molar-refractivity contribution in [3.8, 4) is 23.0 Å². The molecule has 0 unspecified atom stereocenters. The number of ketones is 1. The van der Waals surface area contributed by atoms with Gasteiger partial charge in [-0.3, -0.25) is 9.89 Å². The molecule has 3 aromatic rings. The highest BCUT2D eigenvalue weighted by atomic mass is 16.5. The van der Waals surface area contributed by atoms with E-state index >= 15 is 0 Å². The summed E-state index contributed by atoms with van der Waals surface area (Å²) < 4.78 is 21.6. The number of rotatable bonds is 9. The lowest BCUT2D eigenvalue weighted by atomic mass is 9.96. The minimum absolute atomic E-state index is 0.264. The Morgan fingerprint density at radius 2 is 1.61 bits per heavy atom. The van der Waals surface area contributed by atoms with Crippen LogP contribution in [0.1, 0.15) is 41.9 Å². The van der Waals surface area contributed by atoms with E-state index in [1.165, 1.54) is 21.3 Å². The van der Waals surface area contributed by atoms with E-state index in [2.05, 4.69) is 10.2 Å². The van der Waals surface area contributed by atoms with E-state index in [0.717, 1.165) is 5.56 Å². The van der Waals surface area contributed by atoms with E-state index in [-0.39, 0.29) is 5.78 Å². The number of nitrogens with zero attached hydrogens (tertiary/aromatic N) is 1. The maximum Gasteiger partial charge on any atom is 0.211 e. The third kappa shape index (κ3) is 4.44. The molecule has 0 saturated heterocycles. The highest BCUT2D eigenvalue weighted by molar-refractivity contribution is 6.15. The van der Waals surface area contributed by atoms with E-state index in [9.17, 15) is 9.90 Å². The topological polar surface area (TPSA) is 103 Å². The fourth-order valence-electron chi connectivity index (χ4n) is 3.51. The molecule has 2 N–H and O–H groups in total. The van der Waals surface area contributed by atoms with Gasteiger partial charge in [0.15, 0.2) is 11.5 Å². The Hall–Kier alpha value is -3.26. The number of nitrogens with one attached hydrogen (secondary N) is 1. The highest BCUT2D eigenvalue weighted by Crippen LogP contribution is 2.39. The van der Waals surface area contributed by atoms with Crippen LogP contribution in [0.3, 0.4) is 0 Å². The zero-order chi connectivity index (χ0) is 22.8. The van der Waals surface area contributed by atoms with Crippen molar-refractivity contribution in [1.82, 2.24) is 10.2 Å². The van der Waals surface area contributed by atoms with Gasteiger partial charge in [-0.25, -0.2) is 0 Å². The van der Waals surface area contributed by atoms with Gasteiger partial charge in [-0.2, -0.15) is 5.10 Å². The molecule has 2 aromatic carbocycles. The van der Waals surface area contributed by atoms with Crippen molar-refractivity contribution in [2.24, 2.45) is 0 Å². The number of aryl methyl sites for hydroxylation is 1. The number of hydrogen-bond acceptors (Lipinski definition) is 7. The minimum atomic E-state index is -0.835. The van der Waals surface area contributed by atoms with Gasteiger partial charge in [0, 0.05) is 16.5 Å². The van der Waals surface area contributed by atoms with Crippen LogP contribution in [-0.4, -0.2) is 55.1 Å². The number of carbonyl (C=O) groups is 1. The summed E-state index contributed by atoms with van der Waals surface area (Å²) in [6.45, 7) is 3.51. The van der Waals surface area contributed by atoms with Crippen molar-refractivity contribution in [2.75, 3.05) is 28.4 Å². The molecule has 166 valence electrons. The summed E-state index contributed by atoms with van der Waals surface area (Å²) in [5.74, 6) is 1.59. The Balaban J connectivity index is 2.09. The second kappa shape index (κ2) is 8.85. The normalized spacial score (nSPS) is 11.5. The van der Waals surface area contributed by atoms with Crippen molar-refractivity contribution in [2.45, 2.75) is 32.3 Å². The molecule has 0 spiro atoms. The third-order valence-electron chi connectivity index (χ3n) is 5.15. The maximum atomic E-state index is 13.3. The van der Waals surface area contributed by atoms with Gasteiger partial charge in [-0.1, -0.05) is 0 Å². The summed E-state index contributed by atoms with van der Waals surface area (Å²) in [5.41, 5.74) is 1.35. The molecule has 0 aliphatic rings. The smallest absolute Gasteiger partial charge is 0.211 e. The number of H-pyrrole nitrogens is 1. The van der Waals surface area contributed by atoms with Gasteiger partial charge in [0.1, 0.15) is 11.4 Å². The molecular weight excluding hydrogens is 400 g/mol. The summed E-state index contributed by atoms with van der Waals surface area (Å²) in [5, 5.41) is 18.1. The van der Waals surface area contributed by atoms with Crippen molar-refractivity contribution >= 4 is 16.7 Å². The Morgan fingerprint density at radius 3 is 2.13 bits per heavy atom. The predicted octanol–water partition coefficient (Wildman–Crippen LogP) is 3.53. The number of aromatic nitrogens is 2. The van der Waals surface area contributed by atoms with Crippen molar-refractivity contribution in [3.63, 3.8) is 0 Å². The molecule has 0 fully saturated rings. The largest absolute Gasteiger partial charge is 0.496 e. The van der Waals surface area contributed by atoms with E-state index in [4.69, 9.17) is 18.9 Å². The zero-order valence-corrected chi connectivity index (χ0v) is 18.7. The second-order valence-corrected chi connectivity index (χ2v) is 7.80. The molecule has 3 rings (SSSR count). The fourth-order valence-corrected chi connectivity index (χ4v) is 3.51. The molecule has 31 heavy (non-hydrogen) atoms. The second-order valence-electron chi connectivity index (χ2n) is 7.80. The molecule has 0 bridgehead atoms. The first-order chi connectivity index (χ1) is 14.7. The molecule has 0 aliphatic heterocycles. The molecule has 0 aliphatic carbocycles. The predicted molar refractivity (Wildman–Crippen MR) is 117 cm³/mol. The van der Waals surface area contributed by atoms with Crippen molar-refractivity contribution < 1.29 is 28.8 Å². The van der Waals surface area contributed by atoms with Gasteiger partial charge < -0.3 is 24.1 Å². The number of fused-ring (bicyclic) bond motifs is 1. The Kier molecular flexibility index (Phi) is 6.40. The quantitative estimate of drug-likeness (QED) is 0.503. The van der Waals surface area contributed by atoms with Crippen molar-refractivity contribution in [3.05, 3.63) is 41.1 Å². The van der Waals surface area contributed by atoms with Crippen LogP contribution >= 0.6 is 0 Å². The van der Waals surface area contributed by atoms with Gasteiger partial charge in [0.25, 0.3) is 0 Å². The lowest BCUT2D eigenvalue weighted by Crippen LogP contribution is -2.19. The van der Waals surface area contributed by atoms with Crippen LogP contribution in [0.25, 0.3) is 10.9 Å². The van der Waals surface area contributed by atoms with Gasteiger partial charge in [0.05, 0.1) is 39.6 Å². The van der Waals surface area contributed by atoms with Gasteiger partial charge in [-0.05, 0) is 51.0 Å². The van der Waals surface area contributed by atoms with Crippen LogP contribution in [0.2, 0.25) is 0 Å². The molecule has 8 nitrogen and oxygen atoms in total. The first-order valence-electron chi connectivity index (χ1n) is 9.85. The number of aromatic amines is 1. The average Bonchev–Trinajstić information content (AvgIpc) is 3.19. The summed E-state index contributed by atoms with van der Waals surface area (Å²) in [4.78, 5) is 13.3. The number of benzene rings is 2. The fraction of sp³-hybridized carbons (Fsp3) is 0.391. The summed E-state index contributed by atoms with van der Waals surface area (Å²) >= 11 is 0. The minimum Gasteiger partial charge on any atom is -0.496 e. The number of carbonyl (C=O) groups excluding carboxylic acids is 1. The monoisotopic (exact) mass is 428 g/mol. The molecule has 1 aromatic heterocycles. The molecule has 0 saturated carbocycles. The van der Waals surface area contributed by atoms with Crippen LogP contribution in [0, 0.1) is 0 Å². The zero-order valence-electron chi connectivity index (χ0n) is 18.7. The Bertz CT molecular complexity index is 1070. The standard InChI is InChI=1S/C23H28N2O6/c1-23(2,27)10-9-14-16(28-3)8-7-15-19(14)24-25-20(15)21(26)13-11-17(29-4)22(31-6)18(12-13)30-5/h7-8,11-12,27H,9-10H2,1-6H3,(H,24,25). The van der Waals surface area contributed by atoms with Gasteiger partial charge >= 0.3 is 0 Å². The lowest BCUT2D eigenvalue weighted by Gasteiger charge is -2.18. The lowest BCUT2D eigenvalue weighted by molar-refractivity contribution is 0.0713. The third-order valence-corrected chi connectivity index (χ3v) is 5.15. The summed E-state index contributed by atoms with van der Waals surface area (Å²) in [7, 11) is 6.09. The summed E-state index contributed by atoms with van der Waals surface area (Å²) in [6.07, 6.45) is 1.07. The van der Waals surface area contributed by atoms with Crippen LogP contribution < -0.4 is 18.9 Å². The average molecular weight is 428 g/mol. The van der Waals surface area contributed by atoms with E-state index in [0.29, 0.717) is 58.0 Å². The molecule has 0 amide bonds. The first-order valence-corrected chi connectivity index (χ1v) is 9.85. The van der Waals surface area contributed by atoms with Crippen LogP contribution in [0.15, 0.2) is 24.3 Å². The van der Waals surface area contributed by atoms with Gasteiger partial charge in [-0.15, -0.1) is 0 Å². The maximum absolute atomic E-state index is 13.3. The first kappa shape index (κ1) is 22.4. The number of methoxy groups -OCH3 is 4. The van der Waals surface area contributed by atoms with Crippen molar-refractivity contribution in [1.29, 1.82) is 0 Å². The molecule has 1 heterocycles. The van der Waals surface area contributed by atoms with E-state index in [1.54, 1.807) is 39.2 Å². The van der Waals surface area contributed by atoms with Crippen LogP contribution in [0.4, 0.5) is 0 Å². The van der Waals surface area contributed by atoms with Crippen LogP contribution in [-0.2, 0) is 6.42 Å². The Morgan fingerprint density at radius 1 is 1.00 bits per heavy atom. The van der Waals surface area contributed by atoms with E-state index in [1.807, 2.05) is 6.07 Å². The molecule has 0 radical (unpaired) electrons. The number of hydrogen-bond donors (Lipinski definition) is 2. The molecule has 0 atom stereocenters. The van der Waals surface area contributed by atoms with Gasteiger partial charge in [0.2, 0.25) is 11.5 Å². The Labute approximate surface area is 181 Å². The summed E-state index contributed by atoms with van der Waals surface area (Å²) in [6, 6.07) is 6.82. The number of ether oxygens (including phenoxy) is 4. The molecule has 8 heteroatoms.